The summed E-state index contributed by atoms with van der Waals surface area (Å²) in [5.74, 6) is -7.41. The molecule has 2 nitrogen and oxygen atoms in total. The van der Waals surface area contributed by atoms with Gasteiger partial charge in [0.05, 0.1) is 0 Å². The minimum absolute atomic E-state index is 0.0373. The Labute approximate surface area is 148 Å². The molecule has 0 aliphatic heterocycles. The van der Waals surface area contributed by atoms with E-state index in [1.165, 1.54) is 0 Å². The first-order chi connectivity index (χ1) is 11.7. The van der Waals surface area contributed by atoms with Crippen LogP contribution >= 0.6 is 0 Å². The van der Waals surface area contributed by atoms with Gasteiger partial charge in [-0.1, -0.05) is 71.6 Å². The van der Waals surface area contributed by atoms with Gasteiger partial charge in [0, 0.05) is 13.1 Å². The zero-order chi connectivity index (χ0) is 19.3. The quantitative estimate of drug-likeness (QED) is 0.257. The predicted molar refractivity (Wildman–Crippen MR) is 89.7 cm³/mol. The number of halogens is 5. The lowest BCUT2D eigenvalue weighted by Gasteiger charge is -2.28. The van der Waals surface area contributed by atoms with Crippen molar-refractivity contribution in [1.82, 2.24) is 4.90 Å². The van der Waals surface area contributed by atoms with E-state index in [2.05, 4.69) is 6.92 Å². The fourth-order valence-corrected chi connectivity index (χ4v) is 2.62. The molecule has 0 fully saturated rings. The first kappa shape index (κ1) is 24.1. The van der Waals surface area contributed by atoms with Gasteiger partial charge in [-0.15, -0.1) is 0 Å². The first-order valence-electron chi connectivity index (χ1n) is 9.42. The number of rotatable bonds is 14. The van der Waals surface area contributed by atoms with Crippen LogP contribution in [0, 0.1) is 0 Å². The highest BCUT2D eigenvalue weighted by molar-refractivity contribution is 5.84. The van der Waals surface area contributed by atoms with Gasteiger partial charge >= 0.3 is 18.0 Å². The number of carbonyl (C=O) groups excluding carboxylic acids is 1. The molecule has 7 heteroatoms. The molecule has 1 amide bonds. The SMILES string of the molecule is CCCCCCCCN(CCCCCCC)C(=O)C(F)(F)C(F)(F)F. The zero-order valence-electron chi connectivity index (χ0n) is 15.4. The Bertz CT molecular complexity index is 358. The van der Waals surface area contributed by atoms with E-state index < -0.39 is 18.0 Å². The van der Waals surface area contributed by atoms with Gasteiger partial charge in [0.25, 0.3) is 0 Å². The van der Waals surface area contributed by atoms with Crippen LogP contribution in [0.25, 0.3) is 0 Å². The van der Waals surface area contributed by atoms with E-state index >= 15 is 0 Å². The molecule has 150 valence electrons. The fourth-order valence-electron chi connectivity index (χ4n) is 2.62. The van der Waals surface area contributed by atoms with Gasteiger partial charge in [-0.25, -0.2) is 0 Å². The summed E-state index contributed by atoms with van der Waals surface area (Å²) in [4.78, 5) is 12.5. The molecule has 0 saturated carbocycles. The van der Waals surface area contributed by atoms with Gasteiger partial charge in [0.1, 0.15) is 0 Å². The summed E-state index contributed by atoms with van der Waals surface area (Å²) < 4.78 is 64.1. The van der Waals surface area contributed by atoms with E-state index in [0.29, 0.717) is 17.7 Å². The number of alkyl halides is 5. The van der Waals surface area contributed by atoms with Gasteiger partial charge in [-0.3, -0.25) is 4.79 Å². The third kappa shape index (κ3) is 9.40. The highest BCUT2D eigenvalue weighted by Crippen LogP contribution is 2.37. The summed E-state index contributed by atoms with van der Waals surface area (Å²) in [6.07, 6.45) is 3.49. The van der Waals surface area contributed by atoms with Gasteiger partial charge < -0.3 is 4.90 Å². The number of amides is 1. The standard InChI is InChI=1S/C18H32F5NO/c1-3-5-7-9-11-13-15-24(14-12-10-8-6-4-2)16(25)17(19,20)18(21,22)23/h3-15H2,1-2H3. The monoisotopic (exact) mass is 373 g/mol. The van der Waals surface area contributed by atoms with Gasteiger partial charge in [-0.05, 0) is 12.8 Å². The molecule has 0 rings (SSSR count). The molecule has 0 aromatic heterocycles. The van der Waals surface area contributed by atoms with Crippen LogP contribution in [-0.2, 0) is 4.79 Å². The zero-order valence-corrected chi connectivity index (χ0v) is 15.4. The van der Waals surface area contributed by atoms with Gasteiger partial charge in [0.2, 0.25) is 0 Å². The Kier molecular flexibility index (Phi) is 12.0. The molecule has 0 saturated heterocycles. The van der Waals surface area contributed by atoms with Crippen molar-refractivity contribution in [3.05, 3.63) is 0 Å². The third-order valence-corrected chi connectivity index (χ3v) is 4.23. The molecule has 0 atom stereocenters. The molecular weight excluding hydrogens is 341 g/mol. The number of hydrogen-bond acceptors (Lipinski definition) is 1. The maximum absolute atomic E-state index is 13.4. The molecule has 0 spiro atoms. The molecule has 0 aromatic rings. The third-order valence-electron chi connectivity index (χ3n) is 4.23. The van der Waals surface area contributed by atoms with E-state index in [0.717, 1.165) is 57.8 Å². The van der Waals surface area contributed by atoms with Crippen molar-refractivity contribution in [3.8, 4) is 0 Å². The Morgan fingerprint density at radius 2 is 1.04 bits per heavy atom. The maximum atomic E-state index is 13.4. The molecule has 0 radical (unpaired) electrons. The Hall–Kier alpha value is -0.880. The van der Waals surface area contributed by atoms with Crippen LogP contribution in [0.1, 0.15) is 84.5 Å². The molecule has 0 N–H and O–H groups in total. The van der Waals surface area contributed by atoms with Gasteiger partial charge in [0.15, 0.2) is 0 Å². The predicted octanol–water partition coefficient (Wildman–Crippen LogP) is 6.34. The van der Waals surface area contributed by atoms with E-state index in [1.54, 1.807) is 0 Å². The average molecular weight is 373 g/mol. The number of hydrogen-bond donors (Lipinski definition) is 0. The Morgan fingerprint density at radius 3 is 1.40 bits per heavy atom. The van der Waals surface area contributed by atoms with Crippen molar-refractivity contribution in [3.63, 3.8) is 0 Å². The second-order valence-corrected chi connectivity index (χ2v) is 6.55. The lowest BCUT2D eigenvalue weighted by Crippen LogP contribution is -2.52. The maximum Gasteiger partial charge on any atom is 0.463 e. The highest BCUT2D eigenvalue weighted by Gasteiger charge is 2.64. The average Bonchev–Trinajstić information content (AvgIpc) is 2.54. The minimum Gasteiger partial charge on any atom is -0.337 e. The second-order valence-electron chi connectivity index (χ2n) is 6.55. The van der Waals surface area contributed by atoms with Crippen LogP contribution in [0.5, 0.6) is 0 Å². The number of nitrogens with zero attached hydrogens (tertiary/aromatic N) is 1. The van der Waals surface area contributed by atoms with Crippen LogP contribution in [0.15, 0.2) is 0 Å². The van der Waals surface area contributed by atoms with Crippen LogP contribution in [0.2, 0.25) is 0 Å². The minimum atomic E-state index is -5.84. The molecule has 0 heterocycles. The van der Waals surface area contributed by atoms with Crippen molar-refractivity contribution >= 4 is 5.91 Å². The highest BCUT2D eigenvalue weighted by atomic mass is 19.4. The van der Waals surface area contributed by atoms with Crippen LogP contribution < -0.4 is 0 Å². The van der Waals surface area contributed by atoms with Crippen molar-refractivity contribution in [2.45, 2.75) is 96.6 Å². The fraction of sp³-hybridized carbons (Fsp3) is 0.944. The summed E-state index contributed by atoms with van der Waals surface area (Å²) in [5, 5.41) is 0. The lowest BCUT2D eigenvalue weighted by molar-refractivity contribution is -0.274. The summed E-state index contributed by atoms with van der Waals surface area (Å²) >= 11 is 0. The Morgan fingerprint density at radius 1 is 0.680 bits per heavy atom. The molecular formula is C18H32F5NO. The smallest absolute Gasteiger partial charge is 0.337 e. The summed E-state index contributed by atoms with van der Waals surface area (Å²) in [7, 11) is 0. The van der Waals surface area contributed by atoms with Crippen LogP contribution in [0.3, 0.4) is 0 Å². The van der Waals surface area contributed by atoms with Crippen molar-refractivity contribution in [1.29, 1.82) is 0 Å². The van der Waals surface area contributed by atoms with E-state index in [-0.39, 0.29) is 13.1 Å². The topological polar surface area (TPSA) is 20.3 Å². The number of carbonyl (C=O) groups is 1. The Balaban J connectivity index is 4.58. The molecule has 0 aliphatic carbocycles. The molecule has 0 aromatic carbocycles. The second kappa shape index (κ2) is 12.5. The van der Waals surface area contributed by atoms with Gasteiger partial charge in [-0.2, -0.15) is 22.0 Å². The van der Waals surface area contributed by atoms with E-state index in [4.69, 9.17) is 0 Å². The normalized spacial score (nSPS) is 12.4. The van der Waals surface area contributed by atoms with Crippen molar-refractivity contribution in [2.24, 2.45) is 0 Å². The van der Waals surface area contributed by atoms with Crippen molar-refractivity contribution in [2.75, 3.05) is 13.1 Å². The summed E-state index contributed by atoms with van der Waals surface area (Å²) in [6.45, 7) is 4.02. The first-order valence-corrected chi connectivity index (χ1v) is 9.42. The largest absolute Gasteiger partial charge is 0.463 e. The molecule has 0 aliphatic rings. The van der Waals surface area contributed by atoms with Crippen molar-refractivity contribution < 1.29 is 26.7 Å². The summed E-state index contributed by atoms with van der Waals surface area (Å²) in [5.41, 5.74) is 0. The molecule has 0 bridgehead atoms. The van der Waals surface area contributed by atoms with Crippen LogP contribution in [-0.4, -0.2) is 36.0 Å². The van der Waals surface area contributed by atoms with E-state index in [1.807, 2.05) is 6.92 Å². The number of unbranched alkanes of at least 4 members (excludes halogenated alkanes) is 9. The van der Waals surface area contributed by atoms with Crippen LogP contribution in [0.4, 0.5) is 22.0 Å². The molecule has 0 unspecified atom stereocenters. The molecule has 25 heavy (non-hydrogen) atoms. The lowest BCUT2D eigenvalue weighted by atomic mass is 10.1. The summed E-state index contributed by atoms with van der Waals surface area (Å²) in [6, 6.07) is 0. The van der Waals surface area contributed by atoms with E-state index in [9.17, 15) is 26.7 Å².